The Kier molecular flexibility index (Phi) is 4.56. The third kappa shape index (κ3) is 3.34. The lowest BCUT2D eigenvalue weighted by atomic mass is 10.0. The molecule has 6 heteroatoms. The molecule has 5 nitrogen and oxygen atoms in total. The fourth-order valence-electron chi connectivity index (χ4n) is 3.28. The lowest BCUT2D eigenvalue weighted by molar-refractivity contribution is -0.133. The summed E-state index contributed by atoms with van der Waals surface area (Å²) in [6.07, 6.45) is 5.17. The van der Waals surface area contributed by atoms with Gasteiger partial charge >= 0.3 is 0 Å². The zero-order chi connectivity index (χ0) is 16.4. The number of likely N-dealkylation sites (tertiary alicyclic amines) is 1. The summed E-state index contributed by atoms with van der Waals surface area (Å²) in [5.74, 6) is 2.28. The normalized spacial score (nSPS) is 18.8. The topological polar surface area (TPSA) is 59.2 Å². The summed E-state index contributed by atoms with van der Waals surface area (Å²) in [6, 6.07) is 9.80. The van der Waals surface area contributed by atoms with Crippen molar-refractivity contribution in [3.8, 4) is 11.4 Å². The molecule has 0 unspecified atom stereocenters. The van der Waals surface area contributed by atoms with E-state index in [2.05, 4.69) is 10.1 Å². The first-order chi connectivity index (χ1) is 11.8. The predicted molar refractivity (Wildman–Crippen MR) is 93.8 cm³/mol. The highest BCUT2D eigenvalue weighted by Gasteiger charge is 2.35. The van der Waals surface area contributed by atoms with Crippen molar-refractivity contribution in [2.24, 2.45) is 0 Å². The number of thioether (sulfide) groups is 1. The first-order valence-electron chi connectivity index (χ1n) is 8.58. The van der Waals surface area contributed by atoms with Crippen LogP contribution >= 0.6 is 11.8 Å². The van der Waals surface area contributed by atoms with Gasteiger partial charge in [-0.2, -0.15) is 4.98 Å². The minimum Gasteiger partial charge on any atom is -0.340 e. The van der Waals surface area contributed by atoms with Gasteiger partial charge in [-0.1, -0.05) is 48.3 Å². The molecule has 2 fully saturated rings. The Bertz CT molecular complexity index is 691. The first-order valence-corrected chi connectivity index (χ1v) is 9.63. The maximum atomic E-state index is 12.2. The van der Waals surface area contributed by atoms with E-state index in [-0.39, 0.29) is 11.8 Å². The number of hydrogen-bond donors (Lipinski definition) is 0. The van der Waals surface area contributed by atoms with E-state index in [0.717, 1.165) is 5.56 Å². The number of carbonyl (C=O) groups excluding carboxylic acids is 1. The summed E-state index contributed by atoms with van der Waals surface area (Å²) in [6.45, 7) is 1.39. The zero-order valence-electron chi connectivity index (χ0n) is 13.6. The second-order valence-electron chi connectivity index (χ2n) is 6.54. The van der Waals surface area contributed by atoms with Gasteiger partial charge in [0.05, 0.1) is 11.7 Å². The van der Waals surface area contributed by atoms with Crippen LogP contribution in [0, 0.1) is 0 Å². The monoisotopic (exact) mass is 343 g/mol. The van der Waals surface area contributed by atoms with E-state index >= 15 is 0 Å². The number of carbonyl (C=O) groups is 1. The number of hydrogen-bond acceptors (Lipinski definition) is 5. The zero-order valence-corrected chi connectivity index (χ0v) is 14.4. The third-order valence-electron chi connectivity index (χ3n) is 4.80. The highest BCUT2D eigenvalue weighted by molar-refractivity contribution is 8.00. The molecule has 1 saturated heterocycles. The Morgan fingerprint density at radius 2 is 1.96 bits per heavy atom. The predicted octanol–water partition coefficient (Wildman–Crippen LogP) is 3.34. The van der Waals surface area contributed by atoms with Gasteiger partial charge in [-0.15, -0.1) is 11.8 Å². The highest BCUT2D eigenvalue weighted by Crippen LogP contribution is 2.31. The fraction of sp³-hybridized carbons (Fsp3) is 0.500. The molecule has 0 spiro atoms. The van der Waals surface area contributed by atoms with Gasteiger partial charge in [0, 0.05) is 23.9 Å². The smallest absolute Gasteiger partial charge is 0.233 e. The molecular formula is C18H21N3O2S. The number of nitrogens with zero attached hydrogens (tertiary/aromatic N) is 3. The molecule has 1 aliphatic carbocycles. The SMILES string of the molecule is O=C(CSC1CCCC1)N1CC(c2nc(-c3ccccc3)no2)C1. The van der Waals surface area contributed by atoms with Gasteiger partial charge in [0.15, 0.2) is 0 Å². The van der Waals surface area contributed by atoms with Crippen molar-refractivity contribution in [3.63, 3.8) is 0 Å². The van der Waals surface area contributed by atoms with Gasteiger partial charge in [0.25, 0.3) is 0 Å². The standard InChI is InChI=1S/C18H21N3O2S/c22-16(12-24-15-8-4-5-9-15)21-10-14(11-21)18-19-17(20-23-18)13-6-2-1-3-7-13/h1-3,6-7,14-15H,4-5,8-12H2. The van der Waals surface area contributed by atoms with Crippen molar-refractivity contribution in [2.75, 3.05) is 18.8 Å². The van der Waals surface area contributed by atoms with Crippen molar-refractivity contribution < 1.29 is 9.32 Å². The summed E-state index contributed by atoms with van der Waals surface area (Å²) < 4.78 is 5.39. The molecule has 0 atom stereocenters. The van der Waals surface area contributed by atoms with Crippen LogP contribution in [-0.4, -0.2) is 45.0 Å². The molecule has 126 valence electrons. The van der Waals surface area contributed by atoms with Gasteiger partial charge < -0.3 is 9.42 Å². The minimum absolute atomic E-state index is 0.176. The van der Waals surface area contributed by atoms with Gasteiger partial charge in [-0.25, -0.2) is 0 Å². The first kappa shape index (κ1) is 15.7. The molecule has 4 rings (SSSR count). The van der Waals surface area contributed by atoms with E-state index in [9.17, 15) is 4.79 Å². The molecule has 2 heterocycles. The molecule has 1 saturated carbocycles. The molecule has 0 bridgehead atoms. The van der Waals surface area contributed by atoms with Crippen LogP contribution in [0.15, 0.2) is 34.9 Å². The van der Waals surface area contributed by atoms with Gasteiger partial charge in [-0.3, -0.25) is 4.79 Å². The van der Waals surface area contributed by atoms with Crippen molar-refractivity contribution in [1.29, 1.82) is 0 Å². The van der Waals surface area contributed by atoms with Crippen LogP contribution in [-0.2, 0) is 4.79 Å². The molecule has 2 aromatic rings. The molecule has 24 heavy (non-hydrogen) atoms. The van der Waals surface area contributed by atoms with E-state index in [1.165, 1.54) is 25.7 Å². The van der Waals surface area contributed by atoms with Crippen LogP contribution in [0.5, 0.6) is 0 Å². The number of benzene rings is 1. The summed E-state index contributed by atoms with van der Waals surface area (Å²) in [4.78, 5) is 18.6. The Morgan fingerprint density at radius 1 is 1.21 bits per heavy atom. The van der Waals surface area contributed by atoms with Crippen LogP contribution in [0.2, 0.25) is 0 Å². The van der Waals surface area contributed by atoms with Crippen LogP contribution in [0.4, 0.5) is 0 Å². The maximum absolute atomic E-state index is 12.2. The van der Waals surface area contributed by atoms with E-state index in [0.29, 0.717) is 35.8 Å². The van der Waals surface area contributed by atoms with E-state index in [1.807, 2.05) is 47.0 Å². The summed E-state index contributed by atoms with van der Waals surface area (Å²) in [7, 11) is 0. The fourth-order valence-corrected chi connectivity index (χ4v) is 4.51. The maximum Gasteiger partial charge on any atom is 0.233 e. The highest BCUT2D eigenvalue weighted by atomic mass is 32.2. The van der Waals surface area contributed by atoms with Crippen molar-refractivity contribution >= 4 is 17.7 Å². The summed E-state index contributed by atoms with van der Waals surface area (Å²) in [5, 5.41) is 4.74. The molecule has 1 aromatic carbocycles. The molecule has 0 N–H and O–H groups in total. The third-order valence-corrected chi connectivity index (χ3v) is 6.16. The van der Waals surface area contributed by atoms with Crippen molar-refractivity contribution in [1.82, 2.24) is 15.0 Å². The lowest BCUT2D eigenvalue weighted by Gasteiger charge is -2.37. The molecule has 1 aromatic heterocycles. The number of amides is 1. The Labute approximate surface area is 145 Å². The quantitative estimate of drug-likeness (QED) is 0.833. The second kappa shape index (κ2) is 6.97. The number of aromatic nitrogens is 2. The van der Waals surface area contributed by atoms with Gasteiger partial charge in [0.1, 0.15) is 0 Å². The Morgan fingerprint density at radius 3 is 2.71 bits per heavy atom. The average Bonchev–Trinajstić information content (AvgIpc) is 3.24. The van der Waals surface area contributed by atoms with Crippen molar-refractivity contribution in [3.05, 3.63) is 36.2 Å². The Hall–Kier alpha value is -1.82. The molecular weight excluding hydrogens is 322 g/mol. The van der Waals surface area contributed by atoms with Gasteiger partial charge in [-0.05, 0) is 12.8 Å². The van der Waals surface area contributed by atoms with E-state index in [4.69, 9.17) is 4.52 Å². The van der Waals surface area contributed by atoms with Crippen molar-refractivity contribution in [2.45, 2.75) is 36.9 Å². The van der Waals surface area contributed by atoms with Crippen LogP contribution < -0.4 is 0 Å². The van der Waals surface area contributed by atoms with Crippen LogP contribution in [0.25, 0.3) is 11.4 Å². The summed E-state index contributed by atoms with van der Waals surface area (Å²) >= 11 is 1.83. The molecule has 2 aliphatic rings. The van der Waals surface area contributed by atoms with E-state index in [1.54, 1.807) is 0 Å². The van der Waals surface area contributed by atoms with Gasteiger partial charge in [0.2, 0.25) is 17.6 Å². The minimum atomic E-state index is 0.176. The molecule has 0 radical (unpaired) electrons. The van der Waals surface area contributed by atoms with Crippen LogP contribution in [0.1, 0.15) is 37.5 Å². The van der Waals surface area contributed by atoms with E-state index < -0.39 is 0 Å². The summed E-state index contributed by atoms with van der Waals surface area (Å²) in [5.41, 5.74) is 0.952. The molecule has 1 aliphatic heterocycles. The number of rotatable bonds is 5. The Balaban J connectivity index is 1.28. The second-order valence-corrected chi connectivity index (χ2v) is 7.82. The largest absolute Gasteiger partial charge is 0.340 e. The molecule has 1 amide bonds. The van der Waals surface area contributed by atoms with Crippen LogP contribution in [0.3, 0.4) is 0 Å². The average molecular weight is 343 g/mol. The lowest BCUT2D eigenvalue weighted by Crippen LogP contribution is -2.49.